The first kappa shape index (κ1) is 18.3. The molecule has 0 bridgehead atoms. The number of hydrogen-bond donors (Lipinski definition) is 0. The Morgan fingerprint density at radius 3 is 2.25 bits per heavy atom. The predicted octanol–water partition coefficient (Wildman–Crippen LogP) is 2.06. The van der Waals surface area contributed by atoms with Crippen LogP contribution in [0.3, 0.4) is 0 Å². The highest BCUT2D eigenvalue weighted by molar-refractivity contribution is 5.35. The van der Waals surface area contributed by atoms with Crippen LogP contribution in [0.5, 0.6) is 0 Å². The number of likely N-dealkylation sites (N-methyl/N-ethyl adjacent to an activating group) is 1. The summed E-state index contributed by atoms with van der Waals surface area (Å²) in [5.74, 6) is 0.620. The molecule has 0 unspecified atom stereocenters. The van der Waals surface area contributed by atoms with Crippen LogP contribution in [-0.2, 0) is 12.7 Å². The summed E-state index contributed by atoms with van der Waals surface area (Å²) >= 11 is 0. The average molecular weight is 342 g/mol. The smallest absolute Gasteiger partial charge is 0.304 e. The first-order chi connectivity index (χ1) is 10.9. The minimum absolute atomic E-state index is 0. The lowest BCUT2D eigenvalue weighted by Crippen LogP contribution is -2.44. The van der Waals surface area contributed by atoms with Crippen LogP contribution in [0, 0.1) is 0 Å². The van der Waals surface area contributed by atoms with E-state index in [0.717, 1.165) is 38.3 Å². The van der Waals surface area contributed by atoms with Gasteiger partial charge in [0, 0.05) is 26.2 Å². The summed E-state index contributed by atoms with van der Waals surface area (Å²) in [4.78, 5) is 4.47. The van der Waals surface area contributed by atoms with E-state index in [1.807, 2.05) is 0 Å². The molecule has 0 N–H and O–H groups in total. The number of tetrazole rings is 1. The standard InChI is InChI=1S/C14H17F3N6.CH4/c1-21-6-8-22(9-7-21)10-13-18-19-20-23(13)12-4-2-11(3-5-12)14(15,16)17;/h2-5H,6-10H2,1H3;1H4. The second-order valence-electron chi connectivity index (χ2n) is 5.63. The zero-order valence-electron chi connectivity index (χ0n) is 12.7. The largest absolute Gasteiger partial charge is 0.416 e. The second kappa shape index (κ2) is 7.27. The number of hydrogen-bond acceptors (Lipinski definition) is 5. The Bertz CT molecular complexity index is 644. The molecule has 9 heteroatoms. The van der Waals surface area contributed by atoms with Gasteiger partial charge in [-0.2, -0.15) is 17.9 Å². The molecule has 3 rings (SSSR count). The maximum atomic E-state index is 12.6. The molecule has 0 aliphatic carbocycles. The van der Waals surface area contributed by atoms with Gasteiger partial charge in [-0.05, 0) is 41.7 Å². The number of rotatable bonds is 3. The molecule has 0 atom stereocenters. The highest BCUT2D eigenvalue weighted by Gasteiger charge is 2.30. The van der Waals surface area contributed by atoms with Crippen molar-refractivity contribution in [3.05, 3.63) is 35.7 Å². The van der Waals surface area contributed by atoms with E-state index < -0.39 is 11.7 Å². The summed E-state index contributed by atoms with van der Waals surface area (Å²) in [6, 6.07) is 4.84. The number of benzene rings is 1. The van der Waals surface area contributed by atoms with Gasteiger partial charge in [0.25, 0.3) is 0 Å². The summed E-state index contributed by atoms with van der Waals surface area (Å²) in [7, 11) is 2.07. The monoisotopic (exact) mass is 342 g/mol. The van der Waals surface area contributed by atoms with Crippen LogP contribution >= 0.6 is 0 Å². The summed E-state index contributed by atoms with van der Waals surface area (Å²) in [5, 5.41) is 11.6. The fourth-order valence-electron chi connectivity index (χ4n) is 2.50. The average Bonchev–Trinajstić information content (AvgIpc) is 2.97. The van der Waals surface area contributed by atoms with Crippen LogP contribution in [-0.4, -0.2) is 63.2 Å². The summed E-state index contributed by atoms with van der Waals surface area (Å²) in [5.41, 5.74) is -0.165. The third-order valence-corrected chi connectivity index (χ3v) is 3.93. The van der Waals surface area contributed by atoms with E-state index in [2.05, 4.69) is 32.4 Å². The van der Waals surface area contributed by atoms with Crippen molar-refractivity contribution in [3.63, 3.8) is 0 Å². The van der Waals surface area contributed by atoms with Crippen molar-refractivity contribution in [2.75, 3.05) is 33.2 Å². The predicted molar refractivity (Wildman–Crippen MR) is 83.7 cm³/mol. The normalized spacial score (nSPS) is 16.8. The van der Waals surface area contributed by atoms with Crippen LogP contribution in [0.25, 0.3) is 5.69 Å². The van der Waals surface area contributed by atoms with Gasteiger partial charge >= 0.3 is 6.18 Å². The van der Waals surface area contributed by atoms with Gasteiger partial charge in [-0.15, -0.1) is 5.10 Å². The zero-order valence-corrected chi connectivity index (χ0v) is 12.7. The van der Waals surface area contributed by atoms with Crippen LogP contribution in [0.1, 0.15) is 18.8 Å². The molecule has 1 saturated heterocycles. The summed E-state index contributed by atoms with van der Waals surface area (Å²) in [6.07, 6.45) is -4.35. The fraction of sp³-hybridized carbons (Fsp3) is 0.533. The first-order valence-electron chi connectivity index (χ1n) is 7.29. The quantitative estimate of drug-likeness (QED) is 0.855. The van der Waals surface area contributed by atoms with Gasteiger partial charge in [0.1, 0.15) is 0 Å². The molecule has 6 nitrogen and oxygen atoms in total. The molecule has 24 heavy (non-hydrogen) atoms. The van der Waals surface area contributed by atoms with Crippen molar-refractivity contribution in [1.82, 2.24) is 30.0 Å². The van der Waals surface area contributed by atoms with Crippen LogP contribution in [0.4, 0.5) is 13.2 Å². The summed E-state index contributed by atoms with van der Waals surface area (Å²) in [6.45, 7) is 4.35. The number of nitrogens with zero attached hydrogens (tertiary/aromatic N) is 6. The molecule has 2 aromatic rings. The highest BCUT2D eigenvalue weighted by atomic mass is 19.4. The molecule has 1 fully saturated rings. The van der Waals surface area contributed by atoms with E-state index in [1.165, 1.54) is 16.8 Å². The van der Waals surface area contributed by atoms with Gasteiger partial charge in [0.2, 0.25) is 0 Å². The lowest BCUT2D eigenvalue weighted by Gasteiger charge is -2.31. The SMILES string of the molecule is C.CN1CCN(Cc2nnnn2-c2ccc(C(F)(F)F)cc2)CC1. The van der Waals surface area contributed by atoms with Crippen molar-refractivity contribution in [1.29, 1.82) is 0 Å². The van der Waals surface area contributed by atoms with E-state index in [0.29, 0.717) is 18.1 Å². The second-order valence-corrected chi connectivity index (χ2v) is 5.63. The van der Waals surface area contributed by atoms with Crippen LogP contribution in [0.2, 0.25) is 0 Å². The molecule has 0 saturated carbocycles. The molecule has 1 aromatic heterocycles. The Hall–Kier alpha value is -2.00. The molecule has 2 heterocycles. The minimum atomic E-state index is -4.35. The molecule has 1 aliphatic rings. The third kappa shape index (κ3) is 4.09. The van der Waals surface area contributed by atoms with E-state index in [9.17, 15) is 13.2 Å². The van der Waals surface area contributed by atoms with Crippen molar-refractivity contribution in [2.45, 2.75) is 20.1 Å². The topological polar surface area (TPSA) is 50.1 Å². The van der Waals surface area contributed by atoms with Crippen LogP contribution in [0.15, 0.2) is 24.3 Å². The lowest BCUT2D eigenvalue weighted by molar-refractivity contribution is -0.137. The van der Waals surface area contributed by atoms with Gasteiger partial charge < -0.3 is 4.90 Å². The Kier molecular flexibility index (Phi) is 5.55. The van der Waals surface area contributed by atoms with Crippen molar-refractivity contribution >= 4 is 0 Å². The maximum Gasteiger partial charge on any atom is 0.416 e. The number of piperazine rings is 1. The highest BCUT2D eigenvalue weighted by Crippen LogP contribution is 2.29. The molecule has 0 radical (unpaired) electrons. The molecule has 1 aromatic carbocycles. The van der Waals surface area contributed by atoms with Crippen LogP contribution < -0.4 is 0 Å². The zero-order chi connectivity index (χ0) is 16.4. The molecular formula is C15H21F3N6. The van der Waals surface area contributed by atoms with Gasteiger partial charge in [-0.1, -0.05) is 7.43 Å². The Labute approximate surface area is 138 Å². The van der Waals surface area contributed by atoms with Crippen molar-refractivity contribution < 1.29 is 13.2 Å². The first-order valence-corrected chi connectivity index (χ1v) is 7.29. The number of aromatic nitrogens is 4. The van der Waals surface area contributed by atoms with Gasteiger partial charge in [-0.3, -0.25) is 4.90 Å². The van der Waals surface area contributed by atoms with Crippen molar-refractivity contribution in [2.24, 2.45) is 0 Å². The van der Waals surface area contributed by atoms with Crippen molar-refractivity contribution in [3.8, 4) is 5.69 Å². The lowest BCUT2D eigenvalue weighted by atomic mass is 10.2. The van der Waals surface area contributed by atoms with E-state index in [-0.39, 0.29) is 7.43 Å². The molecule has 1 aliphatic heterocycles. The van der Waals surface area contributed by atoms with Gasteiger partial charge in [0.15, 0.2) is 5.82 Å². The minimum Gasteiger partial charge on any atom is -0.304 e. The Morgan fingerprint density at radius 2 is 1.67 bits per heavy atom. The molecule has 0 amide bonds. The Balaban J connectivity index is 0.00000208. The summed E-state index contributed by atoms with van der Waals surface area (Å²) < 4.78 is 39.4. The number of halogens is 3. The Morgan fingerprint density at radius 1 is 1.04 bits per heavy atom. The van der Waals surface area contributed by atoms with E-state index >= 15 is 0 Å². The fourth-order valence-corrected chi connectivity index (χ4v) is 2.50. The van der Waals surface area contributed by atoms with E-state index in [4.69, 9.17) is 0 Å². The number of alkyl halides is 3. The molecule has 132 valence electrons. The molecule has 0 spiro atoms. The molecular weight excluding hydrogens is 321 g/mol. The van der Waals surface area contributed by atoms with Gasteiger partial charge in [0.05, 0.1) is 17.8 Å². The third-order valence-electron chi connectivity index (χ3n) is 3.93. The maximum absolute atomic E-state index is 12.6. The van der Waals surface area contributed by atoms with E-state index in [1.54, 1.807) is 0 Å². The van der Waals surface area contributed by atoms with Gasteiger partial charge in [-0.25, -0.2) is 0 Å².